The monoisotopic (exact) mass is 428 g/mol. The van der Waals surface area contributed by atoms with Gasteiger partial charge in [-0.1, -0.05) is 55.1 Å². The molecule has 4 nitrogen and oxygen atoms in total. The molecule has 2 heterocycles. The summed E-state index contributed by atoms with van der Waals surface area (Å²) in [6.45, 7) is 23.8. The smallest absolute Gasteiger partial charge is 0.400 e. The Balaban J connectivity index is 2.23. The fourth-order valence-corrected chi connectivity index (χ4v) is 5.74. The first-order chi connectivity index (χ1) is 13.5. The number of rotatable bonds is 4. The van der Waals surface area contributed by atoms with E-state index in [0.29, 0.717) is 0 Å². The molecule has 0 atom stereocenters. The largest absolute Gasteiger partial charge is 0.494 e. The van der Waals surface area contributed by atoms with Crippen LogP contribution in [0.1, 0.15) is 61.0 Å². The maximum atomic E-state index is 6.56. The molecular weight excluding hydrogens is 390 g/mol. The minimum atomic E-state index is -1.91. The van der Waals surface area contributed by atoms with Crippen LogP contribution in [0, 0.1) is 0 Å². The highest BCUT2D eigenvalue weighted by Gasteiger charge is 2.58. The van der Waals surface area contributed by atoms with Crippen LogP contribution < -0.4 is 0 Å². The Bertz CT molecular complexity index is 793. The van der Waals surface area contributed by atoms with Crippen LogP contribution in [0.3, 0.4) is 0 Å². The molecule has 1 aromatic rings. The van der Waals surface area contributed by atoms with Crippen molar-refractivity contribution in [2.45, 2.75) is 97.4 Å². The standard InChI is InChI=1S/C23H38B2O4Si/c1-20(2)21(3,4)27-24(26-20)18(17-15-13-12-14-16-17)19(30(9,10)11)25-28-22(5,6)23(7,8)29-25/h12-16H,1-11H3/b19-18+. The first-order valence-corrected chi connectivity index (χ1v) is 14.5. The molecule has 30 heavy (non-hydrogen) atoms. The van der Waals surface area contributed by atoms with Gasteiger partial charge in [0.2, 0.25) is 0 Å². The van der Waals surface area contributed by atoms with Crippen molar-refractivity contribution in [2.75, 3.05) is 0 Å². The minimum absolute atomic E-state index is 0.402. The van der Waals surface area contributed by atoms with E-state index in [2.05, 4.69) is 99.3 Å². The van der Waals surface area contributed by atoms with Crippen LogP contribution in [0.15, 0.2) is 35.4 Å². The number of benzene rings is 1. The first-order valence-electron chi connectivity index (χ1n) is 11.0. The SMILES string of the molecule is CC1(C)OB(/C(=C(\B2OC(C)(C)C(C)(C)O2)[Si](C)(C)C)c2ccccc2)OC1(C)C. The summed E-state index contributed by atoms with van der Waals surface area (Å²) in [7, 11) is -2.81. The fraction of sp³-hybridized carbons (Fsp3) is 0.652. The molecule has 0 unspecified atom stereocenters. The molecule has 2 aliphatic heterocycles. The summed E-state index contributed by atoms with van der Waals surface area (Å²) in [6.07, 6.45) is 0. The predicted octanol–water partition coefficient (Wildman–Crippen LogP) is 5.58. The van der Waals surface area contributed by atoms with Crippen molar-refractivity contribution in [1.29, 1.82) is 0 Å². The zero-order valence-electron chi connectivity index (χ0n) is 20.7. The lowest BCUT2D eigenvalue weighted by molar-refractivity contribution is 0.00578. The Morgan fingerprint density at radius 2 is 1.00 bits per heavy atom. The Hall–Kier alpha value is -0.853. The summed E-state index contributed by atoms with van der Waals surface area (Å²) in [6, 6.07) is 10.4. The highest BCUT2D eigenvalue weighted by Crippen LogP contribution is 2.46. The van der Waals surface area contributed by atoms with E-state index in [1.807, 2.05) is 6.07 Å². The van der Waals surface area contributed by atoms with Gasteiger partial charge in [0, 0.05) is 0 Å². The van der Waals surface area contributed by atoms with Gasteiger partial charge in [0.15, 0.2) is 0 Å². The van der Waals surface area contributed by atoms with E-state index in [4.69, 9.17) is 18.6 Å². The maximum Gasteiger partial charge on any atom is 0.494 e. The van der Waals surface area contributed by atoms with Gasteiger partial charge in [0.1, 0.15) is 0 Å². The van der Waals surface area contributed by atoms with Crippen molar-refractivity contribution in [3.05, 3.63) is 41.0 Å². The van der Waals surface area contributed by atoms with Gasteiger partial charge in [-0.25, -0.2) is 0 Å². The minimum Gasteiger partial charge on any atom is -0.400 e. The summed E-state index contributed by atoms with van der Waals surface area (Å²) in [4.78, 5) is 0. The summed E-state index contributed by atoms with van der Waals surface area (Å²) in [5.74, 6) is 0. The van der Waals surface area contributed by atoms with E-state index in [1.165, 1.54) is 5.10 Å². The first kappa shape index (κ1) is 23.8. The van der Waals surface area contributed by atoms with Gasteiger partial charge in [0.25, 0.3) is 0 Å². The van der Waals surface area contributed by atoms with Crippen LogP contribution >= 0.6 is 0 Å². The molecule has 3 rings (SSSR count). The zero-order chi connectivity index (χ0) is 22.8. The molecule has 0 saturated carbocycles. The normalized spacial score (nSPS) is 25.4. The Labute approximate surface area is 185 Å². The van der Waals surface area contributed by atoms with E-state index in [1.54, 1.807) is 0 Å². The van der Waals surface area contributed by atoms with Gasteiger partial charge in [0.05, 0.1) is 30.5 Å². The van der Waals surface area contributed by atoms with E-state index >= 15 is 0 Å². The molecule has 0 aliphatic carbocycles. The fourth-order valence-electron chi connectivity index (χ4n) is 3.84. The van der Waals surface area contributed by atoms with Crippen LogP contribution in [-0.2, 0) is 18.6 Å². The molecule has 0 amide bonds. The molecule has 2 fully saturated rings. The topological polar surface area (TPSA) is 36.9 Å². The molecule has 0 N–H and O–H groups in total. The van der Waals surface area contributed by atoms with Crippen molar-refractivity contribution in [1.82, 2.24) is 0 Å². The van der Waals surface area contributed by atoms with Gasteiger partial charge in [-0.05, 0) is 66.4 Å². The van der Waals surface area contributed by atoms with Gasteiger partial charge in [-0.3, -0.25) is 0 Å². The number of hydrogen-bond acceptors (Lipinski definition) is 4. The van der Waals surface area contributed by atoms with E-state index in [0.717, 1.165) is 11.0 Å². The van der Waals surface area contributed by atoms with Crippen LogP contribution in [0.25, 0.3) is 5.47 Å². The Morgan fingerprint density at radius 3 is 1.37 bits per heavy atom. The molecule has 0 bridgehead atoms. The second-order valence-electron chi connectivity index (χ2n) is 11.6. The molecule has 1 aromatic carbocycles. The van der Waals surface area contributed by atoms with Crippen molar-refractivity contribution < 1.29 is 18.6 Å². The number of hydrogen-bond donors (Lipinski definition) is 0. The third-order valence-corrected chi connectivity index (χ3v) is 9.28. The Morgan fingerprint density at radius 1 is 0.633 bits per heavy atom. The van der Waals surface area contributed by atoms with Crippen LogP contribution in [-0.4, -0.2) is 44.7 Å². The second-order valence-corrected chi connectivity index (χ2v) is 16.7. The third kappa shape index (κ3) is 4.12. The summed E-state index contributed by atoms with van der Waals surface area (Å²) < 4.78 is 26.2. The molecule has 164 valence electrons. The molecular formula is C23H38B2O4Si. The van der Waals surface area contributed by atoms with Crippen molar-refractivity contribution in [2.24, 2.45) is 0 Å². The van der Waals surface area contributed by atoms with E-state index in [9.17, 15) is 0 Å². The molecule has 2 aliphatic rings. The maximum absolute atomic E-state index is 6.56. The molecule has 0 radical (unpaired) electrons. The van der Waals surface area contributed by atoms with Crippen molar-refractivity contribution >= 4 is 27.8 Å². The van der Waals surface area contributed by atoms with Crippen LogP contribution in [0.2, 0.25) is 19.6 Å². The van der Waals surface area contributed by atoms with E-state index in [-0.39, 0.29) is 0 Å². The summed E-state index contributed by atoms with van der Waals surface area (Å²) in [5.41, 5.74) is 0.520. The van der Waals surface area contributed by atoms with Crippen LogP contribution in [0.4, 0.5) is 0 Å². The zero-order valence-corrected chi connectivity index (χ0v) is 21.7. The third-order valence-electron chi connectivity index (χ3n) is 7.16. The predicted molar refractivity (Wildman–Crippen MR) is 129 cm³/mol. The van der Waals surface area contributed by atoms with Crippen LogP contribution in [0.5, 0.6) is 0 Å². The molecule has 0 spiro atoms. The lowest BCUT2D eigenvalue weighted by Crippen LogP contribution is -2.41. The molecule has 2 saturated heterocycles. The van der Waals surface area contributed by atoms with Gasteiger partial charge in [-0.2, -0.15) is 0 Å². The van der Waals surface area contributed by atoms with Gasteiger partial charge >= 0.3 is 14.2 Å². The lowest BCUT2D eigenvalue weighted by Gasteiger charge is -2.32. The average molecular weight is 428 g/mol. The van der Waals surface area contributed by atoms with Crippen molar-refractivity contribution in [3.8, 4) is 0 Å². The van der Waals surface area contributed by atoms with E-state index < -0.39 is 44.7 Å². The highest BCUT2D eigenvalue weighted by atomic mass is 28.3. The van der Waals surface area contributed by atoms with Gasteiger partial charge in [-0.15, -0.1) is 0 Å². The lowest BCUT2D eigenvalue weighted by atomic mass is 9.67. The highest BCUT2D eigenvalue weighted by molar-refractivity contribution is 6.99. The van der Waals surface area contributed by atoms with Gasteiger partial charge < -0.3 is 18.6 Å². The quantitative estimate of drug-likeness (QED) is 0.587. The summed E-state index contributed by atoms with van der Waals surface area (Å²) in [5, 5.41) is 1.20. The molecule has 7 heteroatoms. The summed E-state index contributed by atoms with van der Waals surface area (Å²) >= 11 is 0. The average Bonchev–Trinajstić information content (AvgIpc) is 2.91. The van der Waals surface area contributed by atoms with Crippen molar-refractivity contribution in [3.63, 3.8) is 0 Å². The Kier molecular flexibility index (Phi) is 5.83. The molecule has 0 aromatic heterocycles. The second kappa shape index (κ2) is 7.34.